The van der Waals surface area contributed by atoms with Gasteiger partial charge >= 0.3 is 0 Å². The summed E-state index contributed by atoms with van der Waals surface area (Å²) in [5.74, 6) is 2.14. The predicted molar refractivity (Wildman–Crippen MR) is 143 cm³/mol. The lowest BCUT2D eigenvalue weighted by molar-refractivity contribution is -0.00571. The minimum Gasteiger partial charge on any atom is -0.409 e. The number of halogens is 1. The highest BCUT2D eigenvalue weighted by Gasteiger charge is 2.41. The van der Waals surface area contributed by atoms with E-state index in [1.165, 1.54) is 0 Å². The standard InChI is InChI=1S/C25H39ClN6O2Si/c1-16-12-31(13-17(2)34-16)23-27-10-18(11-28-23)32-15-25(6,7)20-21(26)29-19(30-22(20)32)14-33-35(8,9)24(3,4)5/h10-11,16-17H,12-15H2,1-9H3/t16-,17+. The molecule has 2 atom stereocenters. The van der Waals surface area contributed by atoms with E-state index in [4.69, 9.17) is 35.7 Å². The number of fused-ring (bicyclic) bond motifs is 1. The van der Waals surface area contributed by atoms with Crippen LogP contribution >= 0.6 is 11.6 Å². The molecule has 0 bridgehead atoms. The zero-order chi connectivity index (χ0) is 25.8. The SMILES string of the molecule is C[C@@H]1CN(c2ncc(N3CC(C)(C)c4c(Cl)nc(CO[Si](C)(C)C(C)(C)C)nc43)cn2)C[C@H](C)O1. The van der Waals surface area contributed by atoms with Crippen LogP contribution in [0.1, 0.15) is 59.9 Å². The average molecular weight is 519 g/mol. The maximum atomic E-state index is 6.73. The van der Waals surface area contributed by atoms with Gasteiger partial charge in [0.25, 0.3) is 0 Å². The van der Waals surface area contributed by atoms with Crippen LogP contribution in [-0.4, -0.2) is 60.1 Å². The number of nitrogens with zero attached hydrogens (tertiary/aromatic N) is 6. The van der Waals surface area contributed by atoms with Gasteiger partial charge in [0.1, 0.15) is 11.0 Å². The third-order valence-electron chi connectivity index (χ3n) is 7.38. The molecule has 2 aliphatic heterocycles. The summed E-state index contributed by atoms with van der Waals surface area (Å²) in [7, 11) is -1.94. The van der Waals surface area contributed by atoms with E-state index in [1.807, 2.05) is 12.4 Å². The lowest BCUT2D eigenvalue weighted by atomic mass is 9.89. The van der Waals surface area contributed by atoms with Crippen LogP contribution < -0.4 is 9.80 Å². The van der Waals surface area contributed by atoms with E-state index in [0.717, 1.165) is 42.7 Å². The zero-order valence-corrected chi connectivity index (χ0v) is 24.3. The van der Waals surface area contributed by atoms with Gasteiger partial charge in [-0.15, -0.1) is 0 Å². The van der Waals surface area contributed by atoms with Crippen molar-refractivity contribution in [2.75, 3.05) is 29.4 Å². The Bertz CT molecular complexity index is 1060. The van der Waals surface area contributed by atoms with Gasteiger partial charge in [0, 0.05) is 30.6 Å². The molecule has 1 fully saturated rings. The van der Waals surface area contributed by atoms with E-state index in [9.17, 15) is 0 Å². The van der Waals surface area contributed by atoms with Gasteiger partial charge < -0.3 is 19.0 Å². The summed E-state index contributed by atoms with van der Waals surface area (Å²) in [6, 6.07) is 0. The van der Waals surface area contributed by atoms with Crippen molar-refractivity contribution < 1.29 is 9.16 Å². The first-order valence-corrected chi connectivity index (χ1v) is 15.7. The first kappa shape index (κ1) is 26.3. The fourth-order valence-corrected chi connectivity index (χ4v) is 5.85. The minimum atomic E-state index is -1.94. The molecule has 0 amide bonds. The van der Waals surface area contributed by atoms with Crippen molar-refractivity contribution in [1.29, 1.82) is 0 Å². The van der Waals surface area contributed by atoms with Crippen LogP contribution in [-0.2, 0) is 21.2 Å². The number of aromatic nitrogens is 4. The highest BCUT2D eigenvalue weighted by Crippen LogP contribution is 2.46. The quantitative estimate of drug-likeness (QED) is 0.380. The van der Waals surface area contributed by atoms with Crippen LogP contribution in [0.2, 0.25) is 23.3 Å². The van der Waals surface area contributed by atoms with Gasteiger partial charge in [-0.1, -0.05) is 46.2 Å². The first-order chi connectivity index (χ1) is 16.2. The van der Waals surface area contributed by atoms with Crippen LogP contribution in [0.4, 0.5) is 17.5 Å². The molecule has 10 heteroatoms. The fraction of sp³-hybridized carbons (Fsp3) is 0.680. The van der Waals surface area contributed by atoms with Gasteiger partial charge in [-0.05, 0) is 32.0 Å². The minimum absolute atomic E-state index is 0.108. The smallest absolute Gasteiger partial charge is 0.225 e. The molecule has 2 aromatic rings. The van der Waals surface area contributed by atoms with Gasteiger partial charge in [0.2, 0.25) is 5.95 Å². The molecular weight excluding hydrogens is 480 g/mol. The van der Waals surface area contributed by atoms with Crippen molar-refractivity contribution in [2.45, 2.75) is 90.8 Å². The lowest BCUT2D eigenvalue weighted by Crippen LogP contribution is -2.46. The van der Waals surface area contributed by atoms with Crippen LogP contribution in [0.3, 0.4) is 0 Å². The Labute approximate surface area is 215 Å². The zero-order valence-electron chi connectivity index (χ0n) is 22.5. The summed E-state index contributed by atoms with van der Waals surface area (Å²) in [5, 5.41) is 0.599. The number of hydrogen-bond acceptors (Lipinski definition) is 8. The molecule has 0 saturated carbocycles. The van der Waals surface area contributed by atoms with Crippen LogP contribution in [0.5, 0.6) is 0 Å². The van der Waals surface area contributed by atoms with Crippen LogP contribution in [0.25, 0.3) is 0 Å². The molecule has 0 unspecified atom stereocenters. The van der Waals surface area contributed by atoms with Gasteiger partial charge in [0.05, 0.1) is 36.9 Å². The Balaban J connectivity index is 1.61. The summed E-state index contributed by atoms with van der Waals surface area (Å²) in [6.45, 7) is 22.2. The van der Waals surface area contributed by atoms with Gasteiger partial charge in [-0.25, -0.2) is 19.9 Å². The summed E-state index contributed by atoms with van der Waals surface area (Å²) >= 11 is 6.73. The molecule has 0 N–H and O–H groups in total. The normalized spacial score (nSPS) is 22.5. The summed E-state index contributed by atoms with van der Waals surface area (Å²) in [6.07, 6.45) is 4.05. The van der Waals surface area contributed by atoms with Crippen molar-refractivity contribution in [1.82, 2.24) is 19.9 Å². The number of ether oxygens (including phenoxy) is 1. The van der Waals surface area contributed by atoms with Crippen molar-refractivity contribution in [3.8, 4) is 0 Å². The third-order valence-corrected chi connectivity index (χ3v) is 12.1. The topological polar surface area (TPSA) is 76.5 Å². The molecule has 0 aliphatic carbocycles. The first-order valence-electron chi connectivity index (χ1n) is 12.4. The number of anilines is 3. The molecule has 2 aliphatic rings. The summed E-state index contributed by atoms with van der Waals surface area (Å²) in [4.78, 5) is 23.3. The molecule has 1 saturated heterocycles. The summed E-state index contributed by atoms with van der Waals surface area (Å²) in [5.41, 5.74) is 1.63. The second-order valence-electron chi connectivity index (χ2n) is 12.1. The number of rotatable bonds is 5. The van der Waals surface area contributed by atoms with Gasteiger partial charge in [-0.2, -0.15) is 0 Å². The maximum absolute atomic E-state index is 6.73. The van der Waals surface area contributed by atoms with E-state index in [-0.39, 0.29) is 22.7 Å². The van der Waals surface area contributed by atoms with Gasteiger partial charge in [0.15, 0.2) is 14.1 Å². The van der Waals surface area contributed by atoms with Crippen molar-refractivity contribution in [3.63, 3.8) is 0 Å². The largest absolute Gasteiger partial charge is 0.409 e. The second-order valence-corrected chi connectivity index (χ2v) is 17.2. The molecule has 4 heterocycles. The Hall–Kier alpha value is -1.81. The maximum Gasteiger partial charge on any atom is 0.225 e. The molecule has 0 spiro atoms. The average Bonchev–Trinajstić information content (AvgIpc) is 3.02. The lowest BCUT2D eigenvalue weighted by Gasteiger charge is -2.35. The fourth-order valence-electron chi connectivity index (χ4n) is 4.49. The molecule has 192 valence electrons. The molecule has 35 heavy (non-hydrogen) atoms. The Kier molecular flexibility index (Phi) is 6.94. The van der Waals surface area contributed by atoms with Crippen molar-refractivity contribution in [2.24, 2.45) is 0 Å². The molecule has 0 aromatic carbocycles. The van der Waals surface area contributed by atoms with Crippen molar-refractivity contribution in [3.05, 3.63) is 28.9 Å². The summed E-state index contributed by atoms with van der Waals surface area (Å²) < 4.78 is 12.2. The Morgan fingerprint density at radius 1 is 1.11 bits per heavy atom. The number of hydrogen-bond donors (Lipinski definition) is 0. The predicted octanol–water partition coefficient (Wildman–Crippen LogP) is 5.48. The molecule has 2 aromatic heterocycles. The number of morpholine rings is 1. The van der Waals surface area contributed by atoms with Gasteiger partial charge in [-0.3, -0.25) is 0 Å². The third kappa shape index (κ3) is 5.33. The van der Waals surface area contributed by atoms with Crippen molar-refractivity contribution >= 4 is 37.4 Å². The van der Waals surface area contributed by atoms with E-state index < -0.39 is 8.32 Å². The molecule has 0 radical (unpaired) electrons. The monoisotopic (exact) mass is 518 g/mol. The second kappa shape index (κ2) is 9.25. The van der Waals surface area contributed by atoms with Crippen LogP contribution in [0.15, 0.2) is 12.4 Å². The highest BCUT2D eigenvalue weighted by molar-refractivity contribution is 6.74. The van der Waals surface area contributed by atoms with E-state index in [0.29, 0.717) is 17.6 Å². The van der Waals surface area contributed by atoms with E-state index in [1.54, 1.807) is 0 Å². The van der Waals surface area contributed by atoms with E-state index >= 15 is 0 Å². The van der Waals surface area contributed by atoms with E-state index in [2.05, 4.69) is 76.3 Å². The van der Waals surface area contributed by atoms with Crippen LogP contribution in [0, 0.1) is 0 Å². The highest BCUT2D eigenvalue weighted by atomic mass is 35.5. The molecule has 4 rings (SSSR count). The Morgan fingerprint density at radius 2 is 1.71 bits per heavy atom. The molecule has 8 nitrogen and oxygen atoms in total. The Morgan fingerprint density at radius 3 is 2.29 bits per heavy atom. The molecular formula is C25H39ClN6O2Si.